The van der Waals surface area contributed by atoms with Crippen molar-refractivity contribution >= 4 is 15.9 Å². The predicted octanol–water partition coefficient (Wildman–Crippen LogP) is 5.51. The number of halogens is 3. The fourth-order valence-corrected chi connectivity index (χ4v) is 1.65. The first-order valence-electron chi connectivity index (χ1n) is 6.13. The van der Waals surface area contributed by atoms with Crippen molar-refractivity contribution in [2.45, 2.75) is 69.5 Å². The number of hydrogen-bond acceptors (Lipinski definition) is 0. The maximum atomic E-state index is 12.2. The zero-order chi connectivity index (χ0) is 12.3. The van der Waals surface area contributed by atoms with Gasteiger partial charge in [-0.3, -0.25) is 0 Å². The Hall–Kier alpha value is -0.100. The fraction of sp³-hybridized carbons (Fsp3) is 0.846. The molecule has 0 saturated carbocycles. The Morgan fingerprint density at radius 2 is 1.44 bits per heavy atom. The molecule has 0 N–H and O–H groups in total. The monoisotopic (exact) mass is 294 g/mol. The van der Waals surface area contributed by atoms with Gasteiger partial charge in [0.05, 0.1) is 0 Å². The minimum Gasteiger partial charge on any atom is -0.180 e. The van der Waals surface area contributed by atoms with Gasteiger partial charge in [-0.25, -0.2) is 0 Å². The van der Waals surface area contributed by atoms with E-state index in [0.29, 0.717) is 6.42 Å². The summed E-state index contributed by atoms with van der Waals surface area (Å²) >= 11 is 2.19. The molecule has 0 fully saturated rings. The van der Waals surface area contributed by atoms with Crippen LogP contribution in [0, 0.1) is 11.8 Å². The van der Waals surface area contributed by atoms with Crippen molar-refractivity contribution in [3.8, 4) is 11.8 Å². The van der Waals surface area contributed by atoms with Crippen LogP contribution in [-0.2, 0) is 0 Å². The van der Waals surface area contributed by atoms with E-state index in [1.807, 2.05) is 5.92 Å². The SMILES string of the molecule is CCCCCCCCCCC#CC(F)(F)Br. The Morgan fingerprint density at radius 3 is 1.94 bits per heavy atom. The molecular weight excluding hydrogens is 274 g/mol. The highest BCUT2D eigenvalue weighted by molar-refractivity contribution is 9.10. The highest BCUT2D eigenvalue weighted by atomic mass is 79.9. The lowest BCUT2D eigenvalue weighted by Gasteiger charge is -1.99. The Morgan fingerprint density at radius 1 is 0.938 bits per heavy atom. The van der Waals surface area contributed by atoms with Crippen LogP contribution < -0.4 is 0 Å². The molecule has 0 unspecified atom stereocenters. The maximum absolute atomic E-state index is 12.2. The molecule has 16 heavy (non-hydrogen) atoms. The highest BCUT2D eigenvalue weighted by Crippen LogP contribution is 2.19. The van der Waals surface area contributed by atoms with Gasteiger partial charge in [-0.15, -0.1) is 0 Å². The number of hydrogen-bond donors (Lipinski definition) is 0. The number of alkyl halides is 3. The van der Waals surface area contributed by atoms with E-state index in [1.54, 1.807) is 0 Å². The van der Waals surface area contributed by atoms with Gasteiger partial charge in [0.15, 0.2) is 0 Å². The maximum Gasteiger partial charge on any atom is 0.363 e. The molecule has 0 heterocycles. The summed E-state index contributed by atoms with van der Waals surface area (Å²) in [5.74, 6) is 4.36. The molecule has 94 valence electrons. The Labute approximate surface area is 106 Å². The summed E-state index contributed by atoms with van der Waals surface area (Å²) in [7, 11) is 0. The van der Waals surface area contributed by atoms with E-state index in [-0.39, 0.29) is 0 Å². The summed E-state index contributed by atoms with van der Waals surface area (Å²) in [6.07, 6.45) is 10.3. The minimum atomic E-state index is -3.01. The van der Waals surface area contributed by atoms with Gasteiger partial charge in [-0.1, -0.05) is 57.8 Å². The second kappa shape index (κ2) is 10.1. The number of rotatable bonds is 8. The van der Waals surface area contributed by atoms with Gasteiger partial charge in [0.2, 0.25) is 0 Å². The van der Waals surface area contributed by atoms with E-state index in [0.717, 1.165) is 12.8 Å². The lowest BCUT2D eigenvalue weighted by molar-refractivity contribution is 0.182. The van der Waals surface area contributed by atoms with Crippen LogP contribution in [-0.4, -0.2) is 4.83 Å². The third-order valence-corrected chi connectivity index (χ3v) is 2.58. The van der Waals surface area contributed by atoms with E-state index in [1.165, 1.54) is 38.5 Å². The molecule has 0 spiro atoms. The van der Waals surface area contributed by atoms with Crippen molar-refractivity contribution in [3.05, 3.63) is 0 Å². The van der Waals surface area contributed by atoms with Crippen LogP contribution in [0.2, 0.25) is 0 Å². The van der Waals surface area contributed by atoms with E-state index < -0.39 is 4.83 Å². The van der Waals surface area contributed by atoms with E-state index >= 15 is 0 Å². The van der Waals surface area contributed by atoms with Gasteiger partial charge in [0.1, 0.15) is 0 Å². The summed E-state index contributed by atoms with van der Waals surface area (Å²) < 4.78 is 24.4. The Kier molecular flexibility index (Phi) is 10.0. The topological polar surface area (TPSA) is 0 Å². The van der Waals surface area contributed by atoms with Crippen LogP contribution in [0.1, 0.15) is 64.7 Å². The van der Waals surface area contributed by atoms with Crippen LogP contribution in [0.4, 0.5) is 8.78 Å². The third-order valence-electron chi connectivity index (χ3n) is 2.39. The van der Waals surface area contributed by atoms with E-state index in [9.17, 15) is 8.78 Å². The van der Waals surface area contributed by atoms with Crippen LogP contribution >= 0.6 is 15.9 Å². The van der Waals surface area contributed by atoms with Gasteiger partial charge in [0, 0.05) is 22.4 Å². The van der Waals surface area contributed by atoms with Crippen molar-refractivity contribution in [1.82, 2.24) is 0 Å². The van der Waals surface area contributed by atoms with Crippen molar-refractivity contribution < 1.29 is 8.78 Å². The second-order valence-corrected chi connectivity index (χ2v) is 5.02. The van der Waals surface area contributed by atoms with E-state index in [2.05, 4.69) is 28.8 Å². The molecule has 0 bridgehead atoms. The summed E-state index contributed by atoms with van der Waals surface area (Å²) in [5, 5.41) is 0. The molecule has 0 aliphatic rings. The van der Waals surface area contributed by atoms with Crippen LogP contribution in [0.3, 0.4) is 0 Å². The molecule has 0 saturated heterocycles. The average Bonchev–Trinajstić information content (AvgIpc) is 2.19. The molecule has 0 aromatic heterocycles. The molecule has 0 rings (SSSR count). The molecular formula is C13H21BrF2. The van der Waals surface area contributed by atoms with Crippen LogP contribution in [0.25, 0.3) is 0 Å². The normalized spacial score (nSPS) is 11.0. The summed E-state index contributed by atoms with van der Waals surface area (Å²) in [5.41, 5.74) is 0. The quantitative estimate of drug-likeness (QED) is 0.315. The smallest absolute Gasteiger partial charge is 0.180 e. The van der Waals surface area contributed by atoms with Gasteiger partial charge in [-0.2, -0.15) is 8.78 Å². The largest absolute Gasteiger partial charge is 0.363 e. The molecule has 3 heteroatoms. The molecule has 0 amide bonds. The van der Waals surface area contributed by atoms with Crippen molar-refractivity contribution in [3.63, 3.8) is 0 Å². The zero-order valence-corrected chi connectivity index (χ0v) is 11.6. The molecule has 0 atom stereocenters. The molecule has 0 aromatic rings. The first-order chi connectivity index (χ1) is 7.56. The first kappa shape index (κ1) is 15.9. The molecule has 0 aliphatic carbocycles. The van der Waals surface area contributed by atoms with Gasteiger partial charge < -0.3 is 0 Å². The summed E-state index contributed by atoms with van der Waals surface area (Å²) in [4.78, 5) is -3.01. The van der Waals surface area contributed by atoms with E-state index in [4.69, 9.17) is 0 Å². The summed E-state index contributed by atoms with van der Waals surface area (Å²) in [6.45, 7) is 2.21. The number of unbranched alkanes of at least 4 members (excludes halogenated alkanes) is 8. The third kappa shape index (κ3) is 13.9. The van der Waals surface area contributed by atoms with Crippen molar-refractivity contribution in [1.29, 1.82) is 0 Å². The first-order valence-corrected chi connectivity index (χ1v) is 6.92. The molecule has 0 radical (unpaired) electrons. The van der Waals surface area contributed by atoms with Gasteiger partial charge >= 0.3 is 4.83 Å². The zero-order valence-electron chi connectivity index (χ0n) is 10.00. The lowest BCUT2D eigenvalue weighted by Crippen LogP contribution is -1.98. The molecule has 0 nitrogen and oxygen atoms in total. The average molecular weight is 295 g/mol. The molecule has 0 aliphatic heterocycles. The van der Waals surface area contributed by atoms with Crippen molar-refractivity contribution in [2.24, 2.45) is 0 Å². The highest BCUT2D eigenvalue weighted by Gasteiger charge is 2.18. The van der Waals surface area contributed by atoms with Crippen LogP contribution in [0.5, 0.6) is 0 Å². The minimum absolute atomic E-state index is 0.580. The second-order valence-electron chi connectivity index (χ2n) is 4.02. The Bertz CT molecular complexity index is 210. The van der Waals surface area contributed by atoms with Gasteiger partial charge in [0.25, 0.3) is 0 Å². The fourth-order valence-electron chi connectivity index (χ4n) is 1.51. The standard InChI is InChI=1S/C13H21BrF2/c1-2-3-4-5-6-7-8-9-10-11-12-13(14,15)16/h2-10H2,1H3. The predicted molar refractivity (Wildman–Crippen MR) is 68.9 cm³/mol. The summed E-state index contributed by atoms with van der Waals surface area (Å²) in [6, 6.07) is 0. The van der Waals surface area contributed by atoms with Gasteiger partial charge in [-0.05, 0) is 12.3 Å². The van der Waals surface area contributed by atoms with Crippen LogP contribution in [0.15, 0.2) is 0 Å². The van der Waals surface area contributed by atoms with Crippen molar-refractivity contribution in [2.75, 3.05) is 0 Å². The lowest BCUT2D eigenvalue weighted by atomic mass is 10.1. The Balaban J connectivity index is 3.18. The molecule has 0 aromatic carbocycles.